The summed E-state index contributed by atoms with van der Waals surface area (Å²) in [6.07, 6.45) is 1.03. The number of benzene rings is 4. The molecule has 0 saturated carbocycles. The minimum absolute atomic E-state index is 0. The van der Waals surface area contributed by atoms with Crippen LogP contribution in [-0.4, -0.2) is 3.21 Å². The molecule has 48 heavy (non-hydrogen) atoms. The van der Waals surface area contributed by atoms with Crippen molar-refractivity contribution in [1.82, 2.24) is 0 Å². The zero-order valence-electron chi connectivity index (χ0n) is 30.5. The summed E-state index contributed by atoms with van der Waals surface area (Å²) in [4.78, 5) is 0. The van der Waals surface area contributed by atoms with Crippen LogP contribution in [0.2, 0.25) is 0 Å². The van der Waals surface area contributed by atoms with Crippen LogP contribution in [0.3, 0.4) is 0 Å². The first kappa shape index (κ1) is 41.7. The molecule has 0 amide bonds. The second-order valence-corrected chi connectivity index (χ2v) is 16.3. The predicted molar refractivity (Wildman–Crippen MR) is 197 cm³/mol. The van der Waals surface area contributed by atoms with Crippen LogP contribution in [-0.2, 0) is 41.5 Å². The Hall–Kier alpha value is -2.44. The normalized spacial score (nSPS) is 12.8. The van der Waals surface area contributed by atoms with E-state index in [4.69, 9.17) is 0 Å². The Kier molecular flexibility index (Phi) is 15.6. The van der Waals surface area contributed by atoms with E-state index in [1.807, 2.05) is 30.3 Å². The summed E-state index contributed by atoms with van der Waals surface area (Å²) >= 11 is 1.54. The first-order valence-electron chi connectivity index (χ1n) is 16.7. The van der Waals surface area contributed by atoms with Crippen molar-refractivity contribution in [1.29, 1.82) is 0 Å². The van der Waals surface area contributed by atoms with Gasteiger partial charge in [-0.3, -0.25) is 0 Å². The number of hydrogen-bond donors (Lipinski definition) is 0. The van der Waals surface area contributed by atoms with Gasteiger partial charge in [-0.15, -0.1) is 16.7 Å². The van der Waals surface area contributed by atoms with Gasteiger partial charge in [-0.1, -0.05) is 71.6 Å². The van der Waals surface area contributed by atoms with E-state index in [9.17, 15) is 0 Å². The van der Waals surface area contributed by atoms with Crippen molar-refractivity contribution in [2.24, 2.45) is 0 Å². The van der Waals surface area contributed by atoms with Gasteiger partial charge < -0.3 is 24.8 Å². The van der Waals surface area contributed by atoms with Crippen LogP contribution in [0.15, 0.2) is 109 Å². The van der Waals surface area contributed by atoms with Crippen LogP contribution in [0.5, 0.6) is 0 Å². The number of hydrogen-bond acceptors (Lipinski definition) is 0. The molecule has 0 fully saturated rings. The van der Waals surface area contributed by atoms with Gasteiger partial charge in [0.1, 0.15) is 0 Å². The molecule has 0 aromatic heterocycles. The third kappa shape index (κ3) is 10.5. The van der Waals surface area contributed by atoms with Crippen molar-refractivity contribution in [3.05, 3.63) is 160 Å². The third-order valence-electron chi connectivity index (χ3n) is 9.17. The maximum atomic E-state index is 3.69. The molecule has 0 nitrogen and oxygen atoms in total. The van der Waals surface area contributed by atoms with Gasteiger partial charge in [-0.05, 0) is 35.4 Å². The molecule has 5 aromatic rings. The van der Waals surface area contributed by atoms with E-state index in [-0.39, 0.29) is 35.6 Å². The summed E-state index contributed by atoms with van der Waals surface area (Å²) in [6, 6.07) is 42.5. The summed E-state index contributed by atoms with van der Waals surface area (Å²) in [5, 5.41) is 0. The van der Waals surface area contributed by atoms with Crippen molar-refractivity contribution >= 4 is 3.21 Å². The molecule has 2 atom stereocenters. The Morgan fingerprint density at radius 1 is 0.667 bits per heavy atom. The Labute approximate surface area is 319 Å². The molecule has 0 saturated heterocycles. The summed E-state index contributed by atoms with van der Waals surface area (Å²) in [5.74, 6) is 1.08. The third-order valence-corrected chi connectivity index (χ3v) is 11.3. The molecule has 252 valence electrons. The quantitative estimate of drug-likeness (QED) is 0.194. The maximum Gasteiger partial charge on any atom is -0.0129 e. The second-order valence-electron chi connectivity index (χ2n) is 14.9. The van der Waals surface area contributed by atoms with Gasteiger partial charge >= 0.3 is 125 Å². The smallest absolute Gasteiger partial charge is 0.0129 e. The minimum Gasteiger partial charge on any atom is -1.00 e. The van der Waals surface area contributed by atoms with E-state index >= 15 is 0 Å². The van der Waals surface area contributed by atoms with Crippen LogP contribution >= 0.6 is 0 Å². The number of halogens is 2. The van der Waals surface area contributed by atoms with Gasteiger partial charge in [0.2, 0.25) is 0 Å². The fraction of sp³-hybridized carbons (Fsp3) is 0.333. The standard InChI is InChI=1S/C23H29.C17H18.C5H5.2ClH.Zr/c1-14-9-16-11-17-10-15(2)21(23(6,7)8)13-19(17)18(16)12-20(14)22(3,4)5;1-14(16-9-5-3-6-10-16)13-15(2)17-11-7-4-8-12-17;1-2-4-5-3-1;;;/h9,12-13H,11H2,1-8H3;3-12,14-15H,1-2H3;1-5H;2*1H;/q-1;;-1;;;+2/p-2. The van der Waals surface area contributed by atoms with Crippen LogP contribution < -0.4 is 24.8 Å². The first-order valence-corrected chi connectivity index (χ1v) is 18.0. The molecule has 0 bridgehead atoms. The van der Waals surface area contributed by atoms with Gasteiger partial charge in [-0.2, -0.15) is 35.9 Å². The molecule has 0 spiro atoms. The topological polar surface area (TPSA) is 0 Å². The summed E-state index contributed by atoms with van der Waals surface area (Å²) < 4.78 is 1.61. The molecule has 2 unspecified atom stereocenters. The number of fused-ring (bicyclic) bond motifs is 3. The van der Waals surface area contributed by atoms with Crippen LogP contribution in [0.1, 0.15) is 112 Å². The van der Waals surface area contributed by atoms with Gasteiger partial charge in [-0.25, -0.2) is 12.1 Å². The molecule has 1 aliphatic rings. The minimum atomic E-state index is 0. The Morgan fingerprint density at radius 3 is 1.54 bits per heavy atom. The van der Waals surface area contributed by atoms with E-state index in [1.54, 1.807) is 27.4 Å². The molecule has 1 aliphatic carbocycles. The average molecular weight is 755 g/mol. The van der Waals surface area contributed by atoms with Crippen molar-refractivity contribution in [3.8, 4) is 11.1 Å². The summed E-state index contributed by atoms with van der Waals surface area (Å²) in [5.41, 5.74) is 14.5. The molecule has 0 N–H and O–H groups in total. The van der Waals surface area contributed by atoms with Crippen molar-refractivity contribution in [2.45, 2.75) is 98.3 Å². The van der Waals surface area contributed by atoms with E-state index in [1.165, 1.54) is 55.6 Å². The van der Waals surface area contributed by atoms with Crippen LogP contribution in [0, 0.1) is 19.9 Å². The molecular formula is C45H52Cl2Zr-2. The van der Waals surface area contributed by atoms with Crippen LogP contribution in [0.4, 0.5) is 0 Å². The van der Waals surface area contributed by atoms with Crippen LogP contribution in [0.25, 0.3) is 11.1 Å². The van der Waals surface area contributed by atoms with Crippen molar-refractivity contribution < 1.29 is 49.0 Å². The maximum absolute atomic E-state index is 3.69. The van der Waals surface area contributed by atoms with Crippen molar-refractivity contribution in [3.63, 3.8) is 0 Å². The number of rotatable bonds is 4. The Bertz CT molecular complexity index is 1590. The SMILES string of the molecule is CC([C](=[Zr+2])C(C)c1ccccc1)c1ccccc1.Cc1[c-]c2c(cc1C(C)(C)C)-c1cc(C(C)(C)C)c(C)cc1C2.[Cl-].[Cl-].c1cc[cH-]c1. The van der Waals surface area contributed by atoms with E-state index in [2.05, 4.69) is 154 Å². The van der Waals surface area contributed by atoms with Gasteiger partial charge in [0.25, 0.3) is 0 Å². The van der Waals surface area contributed by atoms with Gasteiger partial charge in [0, 0.05) is 0 Å². The second kappa shape index (κ2) is 18.0. The van der Waals surface area contributed by atoms with Gasteiger partial charge in [0.05, 0.1) is 0 Å². The Balaban J connectivity index is 0.000000286. The summed E-state index contributed by atoms with van der Waals surface area (Å²) in [6.45, 7) is 22.9. The van der Waals surface area contributed by atoms with E-state index < -0.39 is 0 Å². The van der Waals surface area contributed by atoms with E-state index in [0.717, 1.165) is 6.42 Å². The molecule has 0 heterocycles. The average Bonchev–Trinajstić information content (AvgIpc) is 3.71. The molecule has 0 aliphatic heterocycles. The molecular weight excluding hydrogens is 703 g/mol. The number of aryl methyl sites for hydroxylation is 2. The fourth-order valence-corrected chi connectivity index (χ4v) is 7.38. The fourth-order valence-electron chi connectivity index (χ4n) is 6.56. The molecule has 6 rings (SSSR count). The first-order chi connectivity index (χ1) is 21.7. The van der Waals surface area contributed by atoms with Gasteiger partial charge in [0.15, 0.2) is 0 Å². The Morgan fingerprint density at radius 2 is 1.12 bits per heavy atom. The van der Waals surface area contributed by atoms with Crippen molar-refractivity contribution in [2.75, 3.05) is 0 Å². The largest absolute Gasteiger partial charge is 1.00 e. The summed E-state index contributed by atoms with van der Waals surface area (Å²) in [7, 11) is 0. The predicted octanol–water partition coefficient (Wildman–Crippen LogP) is 6.00. The molecule has 0 radical (unpaired) electrons. The molecule has 3 heteroatoms. The monoisotopic (exact) mass is 752 g/mol. The molecule has 5 aromatic carbocycles. The van der Waals surface area contributed by atoms with E-state index in [0.29, 0.717) is 11.8 Å². The zero-order chi connectivity index (χ0) is 33.6. The zero-order valence-corrected chi connectivity index (χ0v) is 34.5.